The molecule has 2 nitrogen and oxygen atoms in total. The Bertz CT molecular complexity index is 303. The minimum atomic E-state index is 0.139. The Morgan fingerprint density at radius 1 is 1.46 bits per heavy atom. The van der Waals surface area contributed by atoms with Gasteiger partial charge in [0.2, 0.25) is 5.91 Å². The summed E-state index contributed by atoms with van der Waals surface area (Å²) in [5.74, 6) is 1.59. The van der Waals surface area contributed by atoms with Crippen LogP contribution in [0.2, 0.25) is 0 Å². The van der Waals surface area contributed by atoms with Gasteiger partial charge in [-0.3, -0.25) is 4.79 Å². The molecule has 70 valence electrons. The molecule has 0 aromatic carbocycles. The Morgan fingerprint density at radius 3 is 2.77 bits per heavy atom. The molecule has 0 spiro atoms. The lowest BCUT2D eigenvalue weighted by atomic mass is 9.59. The van der Waals surface area contributed by atoms with E-state index in [1.165, 1.54) is 31.3 Å². The highest BCUT2D eigenvalue weighted by Gasteiger charge is 2.58. The predicted molar refractivity (Wildman–Crippen MR) is 50.1 cm³/mol. The first-order valence-electron chi connectivity index (χ1n) is 5.23. The van der Waals surface area contributed by atoms with Crippen molar-refractivity contribution in [2.45, 2.75) is 38.1 Å². The zero-order chi connectivity index (χ0) is 9.05. The monoisotopic (exact) mass is 177 g/mol. The Hall–Kier alpha value is -0.790. The average molecular weight is 177 g/mol. The van der Waals surface area contributed by atoms with Crippen LogP contribution < -0.4 is 5.32 Å². The number of hydrogen-bond donors (Lipinski definition) is 1. The lowest BCUT2D eigenvalue weighted by Gasteiger charge is -2.53. The number of hydrogen-bond acceptors (Lipinski definition) is 1. The molecule has 0 bridgehead atoms. The fourth-order valence-electron chi connectivity index (χ4n) is 3.15. The zero-order valence-corrected chi connectivity index (χ0v) is 7.97. The van der Waals surface area contributed by atoms with E-state index in [1.807, 2.05) is 0 Å². The zero-order valence-electron chi connectivity index (χ0n) is 7.97. The van der Waals surface area contributed by atoms with Crippen molar-refractivity contribution in [2.24, 2.45) is 11.8 Å². The van der Waals surface area contributed by atoms with Gasteiger partial charge in [-0.2, -0.15) is 0 Å². The number of carbonyl (C=O) groups is 1. The van der Waals surface area contributed by atoms with Crippen LogP contribution in [0, 0.1) is 11.8 Å². The smallest absolute Gasteiger partial charge is 0.244 e. The van der Waals surface area contributed by atoms with E-state index in [-0.39, 0.29) is 11.4 Å². The van der Waals surface area contributed by atoms with Gasteiger partial charge in [-0.15, -0.1) is 0 Å². The highest BCUT2D eigenvalue weighted by molar-refractivity contribution is 5.90. The van der Waals surface area contributed by atoms with Crippen LogP contribution in [-0.4, -0.2) is 11.4 Å². The molecule has 2 aliphatic carbocycles. The number of nitrogens with one attached hydrogen (secondary N) is 1. The second kappa shape index (κ2) is 2.17. The number of fused-ring (bicyclic) bond motifs is 1. The van der Waals surface area contributed by atoms with Gasteiger partial charge < -0.3 is 5.32 Å². The summed E-state index contributed by atoms with van der Waals surface area (Å²) in [4.78, 5) is 11.4. The van der Waals surface area contributed by atoms with Gasteiger partial charge in [0.1, 0.15) is 0 Å². The molecule has 13 heavy (non-hydrogen) atoms. The lowest BCUT2D eigenvalue weighted by Crippen LogP contribution is -2.63. The Kier molecular flexibility index (Phi) is 1.27. The van der Waals surface area contributed by atoms with E-state index >= 15 is 0 Å². The van der Waals surface area contributed by atoms with E-state index in [4.69, 9.17) is 0 Å². The fourth-order valence-corrected chi connectivity index (χ4v) is 3.15. The van der Waals surface area contributed by atoms with Crippen molar-refractivity contribution in [3.05, 3.63) is 11.6 Å². The van der Waals surface area contributed by atoms with Crippen LogP contribution in [0.15, 0.2) is 11.6 Å². The first-order valence-corrected chi connectivity index (χ1v) is 5.23. The summed E-state index contributed by atoms with van der Waals surface area (Å²) < 4.78 is 0. The SMILES string of the molecule is CC1=CC(=O)N[C@]2(C3CC3)CC[C@H]12. The standard InChI is InChI=1S/C11H15NO/c1-7-6-10(13)12-11(8-2-3-8)5-4-9(7)11/h6,8-9H,2-5H2,1H3,(H,12,13)/t9-,11+/m1/s1. The maximum atomic E-state index is 11.4. The normalized spacial score (nSPS) is 43.0. The van der Waals surface area contributed by atoms with Crippen molar-refractivity contribution in [3.8, 4) is 0 Å². The number of rotatable bonds is 1. The molecule has 2 saturated carbocycles. The molecule has 2 fully saturated rings. The molecule has 0 aromatic rings. The van der Waals surface area contributed by atoms with Crippen LogP contribution in [0.1, 0.15) is 32.6 Å². The second-order valence-electron chi connectivity index (χ2n) is 4.78. The summed E-state index contributed by atoms with van der Waals surface area (Å²) in [6.45, 7) is 2.11. The van der Waals surface area contributed by atoms with Gasteiger partial charge >= 0.3 is 0 Å². The molecular formula is C11H15NO. The summed E-state index contributed by atoms with van der Waals surface area (Å²) in [5, 5.41) is 3.21. The highest BCUT2D eigenvalue weighted by Crippen LogP contribution is 2.56. The van der Waals surface area contributed by atoms with Crippen molar-refractivity contribution in [1.82, 2.24) is 5.32 Å². The van der Waals surface area contributed by atoms with Gasteiger partial charge in [0.05, 0.1) is 0 Å². The Labute approximate surface area is 78.4 Å². The third kappa shape index (κ3) is 0.862. The predicted octanol–water partition coefficient (Wildman–Crippen LogP) is 1.62. The molecule has 1 N–H and O–H groups in total. The quantitative estimate of drug-likeness (QED) is 0.648. The minimum absolute atomic E-state index is 0.139. The molecule has 1 amide bonds. The molecule has 1 heterocycles. The van der Waals surface area contributed by atoms with Gasteiger partial charge in [-0.25, -0.2) is 0 Å². The van der Waals surface area contributed by atoms with Crippen molar-refractivity contribution >= 4 is 5.91 Å². The molecule has 0 radical (unpaired) electrons. The Morgan fingerprint density at radius 2 is 2.23 bits per heavy atom. The summed E-state index contributed by atoms with van der Waals surface area (Å²) in [5.41, 5.74) is 1.51. The average Bonchev–Trinajstić information content (AvgIpc) is 2.77. The maximum absolute atomic E-state index is 11.4. The van der Waals surface area contributed by atoms with Crippen LogP contribution in [0.5, 0.6) is 0 Å². The van der Waals surface area contributed by atoms with Crippen molar-refractivity contribution in [1.29, 1.82) is 0 Å². The van der Waals surface area contributed by atoms with E-state index in [1.54, 1.807) is 6.08 Å². The molecule has 3 aliphatic rings. The van der Waals surface area contributed by atoms with Crippen LogP contribution in [0.4, 0.5) is 0 Å². The topological polar surface area (TPSA) is 29.1 Å². The van der Waals surface area contributed by atoms with E-state index in [2.05, 4.69) is 12.2 Å². The van der Waals surface area contributed by atoms with Crippen molar-refractivity contribution in [2.75, 3.05) is 0 Å². The third-order valence-corrected chi connectivity index (χ3v) is 4.04. The molecular weight excluding hydrogens is 162 g/mol. The molecule has 3 rings (SSSR count). The first-order chi connectivity index (χ1) is 6.22. The van der Waals surface area contributed by atoms with Gasteiger partial charge in [0.25, 0.3) is 0 Å². The molecule has 0 unspecified atom stereocenters. The van der Waals surface area contributed by atoms with E-state index in [9.17, 15) is 4.79 Å². The molecule has 0 aromatic heterocycles. The summed E-state index contributed by atoms with van der Waals surface area (Å²) in [7, 11) is 0. The van der Waals surface area contributed by atoms with Crippen molar-refractivity contribution < 1.29 is 4.79 Å². The summed E-state index contributed by atoms with van der Waals surface area (Å²) in [6, 6.07) is 0. The Balaban J connectivity index is 1.97. The lowest BCUT2D eigenvalue weighted by molar-refractivity contribution is -0.122. The fraction of sp³-hybridized carbons (Fsp3) is 0.727. The largest absolute Gasteiger partial charge is 0.346 e. The van der Waals surface area contributed by atoms with Crippen LogP contribution >= 0.6 is 0 Å². The number of carbonyl (C=O) groups excluding carboxylic acids is 1. The van der Waals surface area contributed by atoms with E-state index in [0.29, 0.717) is 5.92 Å². The molecule has 2 atom stereocenters. The van der Waals surface area contributed by atoms with Gasteiger partial charge in [0.15, 0.2) is 0 Å². The maximum Gasteiger partial charge on any atom is 0.244 e. The van der Waals surface area contributed by atoms with Gasteiger partial charge in [-0.05, 0) is 38.5 Å². The third-order valence-electron chi connectivity index (χ3n) is 4.04. The van der Waals surface area contributed by atoms with Crippen molar-refractivity contribution in [3.63, 3.8) is 0 Å². The summed E-state index contributed by atoms with van der Waals surface area (Å²) in [6.07, 6.45) is 6.91. The first kappa shape index (κ1) is 7.60. The van der Waals surface area contributed by atoms with E-state index in [0.717, 1.165) is 5.92 Å². The van der Waals surface area contributed by atoms with Gasteiger partial charge in [-0.1, -0.05) is 5.57 Å². The molecule has 1 aliphatic heterocycles. The van der Waals surface area contributed by atoms with E-state index < -0.39 is 0 Å². The van der Waals surface area contributed by atoms with Crippen LogP contribution in [0.25, 0.3) is 0 Å². The highest BCUT2D eigenvalue weighted by atomic mass is 16.1. The number of amides is 1. The van der Waals surface area contributed by atoms with Crippen LogP contribution in [-0.2, 0) is 4.79 Å². The van der Waals surface area contributed by atoms with Crippen LogP contribution in [0.3, 0.4) is 0 Å². The molecule has 0 saturated heterocycles. The summed E-state index contributed by atoms with van der Waals surface area (Å²) >= 11 is 0. The molecule has 2 heteroatoms. The minimum Gasteiger partial charge on any atom is -0.346 e. The second-order valence-corrected chi connectivity index (χ2v) is 4.78. The van der Waals surface area contributed by atoms with Gasteiger partial charge in [0, 0.05) is 17.5 Å².